The topological polar surface area (TPSA) is 67.3 Å². The van der Waals surface area contributed by atoms with Crippen molar-refractivity contribution >= 4 is 17.4 Å². The van der Waals surface area contributed by atoms with Crippen molar-refractivity contribution in [1.29, 1.82) is 0 Å². The Labute approximate surface area is 99.8 Å². The van der Waals surface area contributed by atoms with Gasteiger partial charge in [-0.05, 0) is 0 Å². The Bertz CT molecular complexity index is 336. The number of hydrogen-bond acceptors (Lipinski definition) is 5. The Morgan fingerprint density at radius 1 is 1.56 bits per heavy atom. The first-order valence-corrected chi connectivity index (χ1v) is 5.47. The van der Waals surface area contributed by atoms with Crippen LogP contribution in [0.5, 0.6) is 0 Å². The van der Waals surface area contributed by atoms with Crippen molar-refractivity contribution in [2.24, 2.45) is 0 Å². The van der Waals surface area contributed by atoms with Gasteiger partial charge in [-0.25, -0.2) is 9.97 Å². The Balaban J connectivity index is 2.56. The first kappa shape index (κ1) is 13.2. The van der Waals surface area contributed by atoms with Crippen LogP contribution in [0.3, 0.4) is 0 Å². The number of nitrogens with zero attached hydrogens (tertiary/aromatic N) is 2. The molecule has 0 saturated carbocycles. The predicted molar refractivity (Wildman–Crippen MR) is 62.8 cm³/mol. The molecular formula is C10H16ClN3O2. The molecule has 0 bridgehead atoms. The van der Waals surface area contributed by atoms with E-state index in [-0.39, 0.29) is 6.61 Å². The van der Waals surface area contributed by atoms with E-state index >= 15 is 0 Å². The third-order valence-electron chi connectivity index (χ3n) is 1.94. The molecule has 90 valence electrons. The number of aryl methyl sites for hydroxylation is 1. The molecule has 0 aliphatic carbocycles. The summed E-state index contributed by atoms with van der Waals surface area (Å²) in [5.74, 6) is 1.29. The second-order valence-electron chi connectivity index (χ2n) is 3.34. The maximum Gasteiger partial charge on any atom is 0.134 e. The fraction of sp³-hybridized carbons (Fsp3) is 0.600. The van der Waals surface area contributed by atoms with Gasteiger partial charge in [-0.15, -0.1) is 0 Å². The molecule has 1 heterocycles. The maximum absolute atomic E-state index is 9.44. The molecule has 16 heavy (non-hydrogen) atoms. The van der Waals surface area contributed by atoms with Crippen molar-refractivity contribution in [1.82, 2.24) is 9.97 Å². The van der Waals surface area contributed by atoms with Crippen molar-refractivity contribution < 1.29 is 9.84 Å². The van der Waals surface area contributed by atoms with Gasteiger partial charge in [0, 0.05) is 26.1 Å². The van der Waals surface area contributed by atoms with Crippen molar-refractivity contribution in [2.75, 3.05) is 25.6 Å². The molecule has 6 heteroatoms. The Hall–Kier alpha value is -0.910. The number of rotatable bonds is 6. The van der Waals surface area contributed by atoms with E-state index in [4.69, 9.17) is 16.3 Å². The van der Waals surface area contributed by atoms with Gasteiger partial charge >= 0.3 is 0 Å². The van der Waals surface area contributed by atoms with Crippen LogP contribution in [0.25, 0.3) is 0 Å². The fourth-order valence-electron chi connectivity index (χ4n) is 1.19. The molecule has 0 saturated heterocycles. The molecule has 0 radical (unpaired) electrons. The summed E-state index contributed by atoms with van der Waals surface area (Å²) in [6.45, 7) is 2.60. The third-order valence-corrected chi connectivity index (χ3v) is 2.13. The molecule has 1 aromatic heterocycles. The molecule has 0 spiro atoms. The van der Waals surface area contributed by atoms with Crippen LogP contribution in [0, 0.1) is 0 Å². The van der Waals surface area contributed by atoms with E-state index < -0.39 is 6.10 Å². The Morgan fingerprint density at radius 3 is 2.94 bits per heavy atom. The first-order valence-electron chi connectivity index (χ1n) is 5.10. The second-order valence-corrected chi connectivity index (χ2v) is 3.72. The first-order chi connectivity index (χ1) is 7.65. The third kappa shape index (κ3) is 4.30. The van der Waals surface area contributed by atoms with Crippen LogP contribution >= 0.6 is 11.6 Å². The Kier molecular flexibility index (Phi) is 5.45. The SMILES string of the molecule is CCc1nc(Cl)cc(NCC(O)COC)n1. The highest BCUT2D eigenvalue weighted by molar-refractivity contribution is 6.29. The van der Waals surface area contributed by atoms with Crippen LogP contribution in [0.15, 0.2) is 6.07 Å². The minimum absolute atomic E-state index is 0.284. The molecule has 0 amide bonds. The summed E-state index contributed by atoms with van der Waals surface area (Å²) in [4.78, 5) is 8.27. The molecular weight excluding hydrogens is 230 g/mol. The highest BCUT2D eigenvalue weighted by Gasteiger charge is 2.05. The molecule has 2 N–H and O–H groups in total. The molecule has 1 aromatic rings. The van der Waals surface area contributed by atoms with Gasteiger partial charge in [0.15, 0.2) is 0 Å². The average Bonchev–Trinajstić information content (AvgIpc) is 2.26. The summed E-state index contributed by atoms with van der Waals surface area (Å²) in [6, 6.07) is 1.63. The smallest absolute Gasteiger partial charge is 0.134 e. The molecule has 5 nitrogen and oxygen atoms in total. The van der Waals surface area contributed by atoms with Gasteiger partial charge in [0.25, 0.3) is 0 Å². The number of aliphatic hydroxyl groups is 1. The molecule has 0 fully saturated rings. The van der Waals surface area contributed by atoms with Gasteiger partial charge in [-0.2, -0.15) is 0 Å². The predicted octanol–water partition coefficient (Wildman–Crippen LogP) is 1.11. The lowest BCUT2D eigenvalue weighted by Crippen LogP contribution is -2.24. The zero-order valence-electron chi connectivity index (χ0n) is 9.40. The van der Waals surface area contributed by atoms with Crippen molar-refractivity contribution in [2.45, 2.75) is 19.4 Å². The van der Waals surface area contributed by atoms with E-state index in [0.717, 1.165) is 6.42 Å². The summed E-state index contributed by atoms with van der Waals surface area (Å²) in [6.07, 6.45) is 0.152. The van der Waals surface area contributed by atoms with Gasteiger partial charge in [0.2, 0.25) is 0 Å². The number of ether oxygens (including phenoxy) is 1. The van der Waals surface area contributed by atoms with Gasteiger partial charge in [0.1, 0.15) is 16.8 Å². The fourth-order valence-corrected chi connectivity index (χ4v) is 1.39. The van der Waals surface area contributed by atoms with E-state index in [0.29, 0.717) is 23.3 Å². The lowest BCUT2D eigenvalue weighted by atomic mass is 10.3. The molecule has 0 aromatic carbocycles. The van der Waals surface area contributed by atoms with Crippen molar-refractivity contribution in [3.8, 4) is 0 Å². The van der Waals surface area contributed by atoms with Crippen LogP contribution < -0.4 is 5.32 Å². The molecule has 1 rings (SSSR count). The van der Waals surface area contributed by atoms with E-state index in [1.165, 1.54) is 0 Å². The van der Waals surface area contributed by atoms with Crippen LogP contribution in [-0.2, 0) is 11.2 Å². The number of methoxy groups -OCH3 is 1. The Morgan fingerprint density at radius 2 is 2.31 bits per heavy atom. The normalized spacial score (nSPS) is 12.5. The largest absolute Gasteiger partial charge is 0.389 e. The lowest BCUT2D eigenvalue weighted by Gasteiger charge is -2.11. The van der Waals surface area contributed by atoms with Crippen LogP contribution in [0.1, 0.15) is 12.7 Å². The minimum atomic E-state index is -0.566. The summed E-state index contributed by atoms with van der Waals surface area (Å²) < 4.78 is 4.81. The standard InChI is InChI=1S/C10H16ClN3O2/c1-3-9-13-8(11)4-10(14-9)12-5-7(15)6-16-2/h4,7,15H,3,5-6H2,1-2H3,(H,12,13,14). The summed E-state index contributed by atoms with van der Waals surface area (Å²) in [7, 11) is 1.54. The maximum atomic E-state index is 9.44. The van der Waals surface area contributed by atoms with E-state index in [9.17, 15) is 5.11 Å². The lowest BCUT2D eigenvalue weighted by molar-refractivity contribution is 0.0727. The number of nitrogens with one attached hydrogen (secondary N) is 1. The number of aromatic nitrogens is 2. The van der Waals surface area contributed by atoms with E-state index in [1.807, 2.05) is 6.92 Å². The second kappa shape index (κ2) is 6.62. The molecule has 1 unspecified atom stereocenters. The van der Waals surface area contributed by atoms with Crippen LogP contribution in [0.2, 0.25) is 5.15 Å². The van der Waals surface area contributed by atoms with E-state index in [1.54, 1.807) is 13.2 Å². The number of halogens is 1. The van der Waals surface area contributed by atoms with Crippen LogP contribution in [-0.4, -0.2) is 41.4 Å². The minimum Gasteiger partial charge on any atom is -0.389 e. The number of aliphatic hydroxyl groups excluding tert-OH is 1. The van der Waals surface area contributed by atoms with Gasteiger partial charge in [-0.3, -0.25) is 0 Å². The zero-order chi connectivity index (χ0) is 12.0. The quantitative estimate of drug-likeness (QED) is 0.735. The van der Waals surface area contributed by atoms with Gasteiger partial charge < -0.3 is 15.2 Å². The van der Waals surface area contributed by atoms with Gasteiger partial charge in [0.05, 0.1) is 12.7 Å². The van der Waals surface area contributed by atoms with E-state index in [2.05, 4.69) is 15.3 Å². The highest BCUT2D eigenvalue weighted by Crippen LogP contribution is 2.11. The zero-order valence-corrected chi connectivity index (χ0v) is 10.2. The molecule has 0 aliphatic heterocycles. The monoisotopic (exact) mass is 245 g/mol. The molecule has 0 aliphatic rings. The van der Waals surface area contributed by atoms with Crippen molar-refractivity contribution in [3.05, 3.63) is 17.0 Å². The highest BCUT2D eigenvalue weighted by atomic mass is 35.5. The van der Waals surface area contributed by atoms with Crippen molar-refractivity contribution in [3.63, 3.8) is 0 Å². The van der Waals surface area contributed by atoms with Crippen LogP contribution in [0.4, 0.5) is 5.82 Å². The summed E-state index contributed by atoms with van der Waals surface area (Å²) in [5.41, 5.74) is 0. The number of anilines is 1. The summed E-state index contributed by atoms with van der Waals surface area (Å²) >= 11 is 5.83. The number of hydrogen-bond donors (Lipinski definition) is 2. The molecule has 1 atom stereocenters. The summed E-state index contributed by atoms with van der Waals surface area (Å²) in [5, 5.41) is 12.8. The van der Waals surface area contributed by atoms with Gasteiger partial charge in [-0.1, -0.05) is 18.5 Å². The average molecular weight is 246 g/mol.